The van der Waals surface area contributed by atoms with Crippen LogP contribution in [0, 0.1) is 0 Å². The SMILES string of the molecule is CS(=O)c1ccc(-c2noc(COC3CCN(C(=O)O)CC3)n2)cc1. The highest BCUT2D eigenvalue weighted by atomic mass is 32.2. The van der Waals surface area contributed by atoms with Gasteiger partial charge < -0.3 is 19.3 Å². The van der Waals surface area contributed by atoms with Gasteiger partial charge in [0.05, 0.1) is 6.10 Å². The monoisotopic (exact) mass is 365 g/mol. The highest BCUT2D eigenvalue weighted by Gasteiger charge is 2.23. The Labute approximate surface area is 147 Å². The maximum atomic E-state index is 11.4. The number of hydrogen-bond acceptors (Lipinski definition) is 6. The van der Waals surface area contributed by atoms with Gasteiger partial charge in [-0.15, -0.1) is 0 Å². The van der Waals surface area contributed by atoms with Gasteiger partial charge in [-0.25, -0.2) is 4.79 Å². The van der Waals surface area contributed by atoms with E-state index in [4.69, 9.17) is 14.4 Å². The van der Waals surface area contributed by atoms with Crippen molar-refractivity contribution in [3.63, 3.8) is 0 Å². The summed E-state index contributed by atoms with van der Waals surface area (Å²) in [6, 6.07) is 7.14. The Hall–Kier alpha value is -2.26. The summed E-state index contributed by atoms with van der Waals surface area (Å²) in [5, 5.41) is 12.9. The zero-order chi connectivity index (χ0) is 17.8. The van der Waals surface area contributed by atoms with Crippen LogP contribution in [0.3, 0.4) is 0 Å². The van der Waals surface area contributed by atoms with Crippen molar-refractivity contribution in [2.24, 2.45) is 0 Å². The zero-order valence-corrected chi connectivity index (χ0v) is 14.6. The van der Waals surface area contributed by atoms with Crippen LogP contribution in [-0.4, -0.2) is 55.9 Å². The van der Waals surface area contributed by atoms with Gasteiger partial charge in [-0.1, -0.05) is 5.16 Å². The average molecular weight is 365 g/mol. The van der Waals surface area contributed by atoms with Gasteiger partial charge in [0.2, 0.25) is 5.82 Å². The number of amides is 1. The molecule has 1 fully saturated rings. The second kappa shape index (κ2) is 7.75. The lowest BCUT2D eigenvalue weighted by atomic mass is 10.1. The first kappa shape index (κ1) is 17.6. The summed E-state index contributed by atoms with van der Waals surface area (Å²) in [7, 11) is -1.02. The molecule has 25 heavy (non-hydrogen) atoms. The molecule has 1 unspecified atom stereocenters. The molecule has 8 nitrogen and oxygen atoms in total. The molecule has 1 aliphatic rings. The fourth-order valence-electron chi connectivity index (χ4n) is 2.63. The quantitative estimate of drug-likeness (QED) is 0.865. The number of ether oxygens (including phenoxy) is 1. The van der Waals surface area contributed by atoms with Crippen molar-refractivity contribution in [1.82, 2.24) is 15.0 Å². The van der Waals surface area contributed by atoms with Crippen LogP contribution >= 0.6 is 0 Å². The highest BCUT2D eigenvalue weighted by molar-refractivity contribution is 7.84. The number of aromatic nitrogens is 2. The normalized spacial score (nSPS) is 16.8. The average Bonchev–Trinajstić information content (AvgIpc) is 3.09. The molecule has 0 aliphatic carbocycles. The maximum absolute atomic E-state index is 11.4. The highest BCUT2D eigenvalue weighted by Crippen LogP contribution is 2.19. The van der Waals surface area contributed by atoms with Crippen molar-refractivity contribution in [2.45, 2.75) is 30.4 Å². The Balaban J connectivity index is 1.54. The number of piperidine rings is 1. The standard InChI is InChI=1S/C16H19N3O5S/c1-25(22)13-4-2-11(3-5-13)15-17-14(24-18-15)10-23-12-6-8-19(9-7-12)16(20)21/h2-5,12H,6-10H2,1H3,(H,20,21). The van der Waals surface area contributed by atoms with Crippen LogP contribution in [0.25, 0.3) is 11.4 Å². The van der Waals surface area contributed by atoms with E-state index in [0.29, 0.717) is 37.6 Å². The van der Waals surface area contributed by atoms with E-state index in [1.807, 2.05) is 0 Å². The Kier molecular flexibility index (Phi) is 5.44. The number of carbonyl (C=O) groups is 1. The van der Waals surface area contributed by atoms with Crippen molar-refractivity contribution < 1.29 is 23.4 Å². The first-order valence-corrected chi connectivity index (χ1v) is 9.44. The lowest BCUT2D eigenvalue weighted by Crippen LogP contribution is -2.40. The summed E-state index contributed by atoms with van der Waals surface area (Å²) in [6.45, 7) is 1.14. The van der Waals surface area contributed by atoms with E-state index in [0.717, 1.165) is 10.5 Å². The molecule has 0 radical (unpaired) electrons. The molecule has 0 saturated carbocycles. The third-order valence-electron chi connectivity index (χ3n) is 4.07. The fourth-order valence-corrected chi connectivity index (χ4v) is 3.15. The molecule has 1 N–H and O–H groups in total. The molecule has 1 aromatic carbocycles. The van der Waals surface area contributed by atoms with Crippen molar-refractivity contribution in [3.05, 3.63) is 30.2 Å². The number of carboxylic acid groups (broad SMARTS) is 1. The van der Waals surface area contributed by atoms with Crippen LogP contribution < -0.4 is 0 Å². The third-order valence-corrected chi connectivity index (χ3v) is 5.00. The number of benzene rings is 1. The smallest absolute Gasteiger partial charge is 0.407 e. The Bertz CT molecular complexity index is 753. The molecule has 2 heterocycles. The number of likely N-dealkylation sites (tertiary alicyclic amines) is 1. The Morgan fingerprint density at radius 3 is 2.64 bits per heavy atom. The first-order valence-electron chi connectivity index (χ1n) is 7.89. The molecule has 2 aromatic rings. The van der Waals surface area contributed by atoms with Gasteiger partial charge in [-0.2, -0.15) is 4.98 Å². The predicted octanol–water partition coefficient (Wildman–Crippen LogP) is 2.13. The topological polar surface area (TPSA) is 106 Å². The molecule has 1 aromatic heterocycles. The molecule has 0 spiro atoms. The number of hydrogen-bond donors (Lipinski definition) is 1. The summed E-state index contributed by atoms with van der Waals surface area (Å²) >= 11 is 0. The van der Waals surface area contributed by atoms with Crippen LogP contribution in [0.1, 0.15) is 18.7 Å². The van der Waals surface area contributed by atoms with Crippen molar-refractivity contribution in [1.29, 1.82) is 0 Å². The minimum absolute atomic E-state index is 0.00947. The molecule has 3 rings (SSSR count). The lowest BCUT2D eigenvalue weighted by molar-refractivity contribution is -0.00953. The second-order valence-corrected chi connectivity index (χ2v) is 7.15. The minimum atomic E-state index is -1.02. The van der Waals surface area contributed by atoms with Gasteiger partial charge in [-0.05, 0) is 37.1 Å². The van der Waals surface area contributed by atoms with E-state index in [1.165, 1.54) is 4.90 Å². The molecule has 1 aliphatic heterocycles. The van der Waals surface area contributed by atoms with E-state index >= 15 is 0 Å². The van der Waals surface area contributed by atoms with Crippen LogP contribution in [0.2, 0.25) is 0 Å². The van der Waals surface area contributed by atoms with Crippen LogP contribution in [-0.2, 0) is 22.1 Å². The molecule has 1 atom stereocenters. The third kappa shape index (κ3) is 4.43. The van der Waals surface area contributed by atoms with Gasteiger partial charge in [0.1, 0.15) is 6.61 Å². The summed E-state index contributed by atoms with van der Waals surface area (Å²) in [6.07, 6.45) is 2.04. The first-order chi connectivity index (χ1) is 12.0. The van der Waals surface area contributed by atoms with E-state index in [9.17, 15) is 9.00 Å². The van der Waals surface area contributed by atoms with E-state index in [1.54, 1.807) is 30.5 Å². The number of nitrogens with zero attached hydrogens (tertiary/aromatic N) is 3. The Morgan fingerprint density at radius 2 is 2.04 bits per heavy atom. The predicted molar refractivity (Wildman–Crippen MR) is 89.5 cm³/mol. The molecule has 0 bridgehead atoms. The second-order valence-electron chi connectivity index (χ2n) is 5.77. The summed E-state index contributed by atoms with van der Waals surface area (Å²) in [5.41, 5.74) is 0.777. The van der Waals surface area contributed by atoms with Crippen molar-refractivity contribution in [3.8, 4) is 11.4 Å². The minimum Gasteiger partial charge on any atom is -0.465 e. The summed E-state index contributed by atoms with van der Waals surface area (Å²) in [4.78, 5) is 17.3. The largest absolute Gasteiger partial charge is 0.465 e. The van der Waals surface area contributed by atoms with Gasteiger partial charge >= 0.3 is 6.09 Å². The molecule has 1 amide bonds. The summed E-state index contributed by atoms with van der Waals surface area (Å²) < 4.78 is 22.3. The number of rotatable bonds is 5. The van der Waals surface area contributed by atoms with E-state index in [-0.39, 0.29) is 12.7 Å². The lowest BCUT2D eigenvalue weighted by Gasteiger charge is -2.29. The molecule has 134 valence electrons. The van der Waals surface area contributed by atoms with Gasteiger partial charge in [0.15, 0.2) is 0 Å². The van der Waals surface area contributed by atoms with Gasteiger partial charge in [-0.3, -0.25) is 4.21 Å². The van der Waals surface area contributed by atoms with Gasteiger partial charge in [0.25, 0.3) is 5.89 Å². The van der Waals surface area contributed by atoms with Crippen molar-refractivity contribution >= 4 is 16.9 Å². The maximum Gasteiger partial charge on any atom is 0.407 e. The summed E-state index contributed by atoms with van der Waals surface area (Å²) in [5.74, 6) is 0.826. The Morgan fingerprint density at radius 1 is 1.36 bits per heavy atom. The van der Waals surface area contributed by atoms with Crippen LogP contribution in [0.15, 0.2) is 33.7 Å². The fraction of sp³-hybridized carbons (Fsp3) is 0.438. The van der Waals surface area contributed by atoms with Gasteiger partial charge in [0, 0.05) is 40.6 Å². The molecular formula is C16H19N3O5S. The molecule has 1 saturated heterocycles. The molecular weight excluding hydrogens is 346 g/mol. The van der Waals surface area contributed by atoms with Crippen molar-refractivity contribution in [2.75, 3.05) is 19.3 Å². The van der Waals surface area contributed by atoms with Crippen LogP contribution in [0.4, 0.5) is 4.79 Å². The van der Waals surface area contributed by atoms with Crippen LogP contribution in [0.5, 0.6) is 0 Å². The zero-order valence-electron chi connectivity index (χ0n) is 13.8. The molecule has 9 heteroatoms. The van der Waals surface area contributed by atoms with E-state index in [2.05, 4.69) is 10.1 Å². The van der Waals surface area contributed by atoms with E-state index < -0.39 is 16.9 Å².